The van der Waals surface area contributed by atoms with E-state index in [-0.39, 0.29) is 5.91 Å². The van der Waals surface area contributed by atoms with Crippen molar-refractivity contribution < 1.29 is 4.79 Å². The van der Waals surface area contributed by atoms with Crippen LogP contribution >= 0.6 is 11.3 Å². The predicted molar refractivity (Wildman–Crippen MR) is 104 cm³/mol. The van der Waals surface area contributed by atoms with Crippen LogP contribution in [0.2, 0.25) is 0 Å². The van der Waals surface area contributed by atoms with E-state index in [1.54, 1.807) is 23.9 Å². The normalized spacial score (nSPS) is 15.4. The summed E-state index contributed by atoms with van der Waals surface area (Å²) in [4.78, 5) is 20.7. The van der Waals surface area contributed by atoms with E-state index in [0.717, 1.165) is 49.0 Å². The lowest BCUT2D eigenvalue weighted by Crippen LogP contribution is -2.38. The number of aromatic nitrogens is 5. The number of rotatable bonds is 5. The van der Waals surface area contributed by atoms with Crippen LogP contribution in [0.5, 0.6) is 0 Å². The predicted octanol–water partition coefficient (Wildman–Crippen LogP) is 2.93. The van der Waals surface area contributed by atoms with Gasteiger partial charge in [-0.2, -0.15) is 0 Å². The number of imidazole rings is 1. The van der Waals surface area contributed by atoms with Crippen molar-refractivity contribution in [1.82, 2.24) is 29.2 Å². The van der Waals surface area contributed by atoms with Crippen LogP contribution in [0.4, 0.5) is 0 Å². The molecule has 0 aliphatic carbocycles. The molecule has 0 N–H and O–H groups in total. The van der Waals surface area contributed by atoms with E-state index < -0.39 is 0 Å². The second-order valence-corrected chi connectivity index (χ2v) is 8.22. The van der Waals surface area contributed by atoms with Gasteiger partial charge in [0.1, 0.15) is 5.82 Å². The number of hydrogen-bond acceptors (Lipinski definition) is 5. The zero-order valence-corrected chi connectivity index (χ0v) is 16.5. The fraction of sp³-hybridized carbons (Fsp3) is 0.474. The van der Waals surface area contributed by atoms with Gasteiger partial charge in [-0.1, -0.05) is 0 Å². The first kappa shape index (κ1) is 17.9. The number of piperidine rings is 1. The molecule has 1 amide bonds. The van der Waals surface area contributed by atoms with Crippen LogP contribution in [0.25, 0.3) is 0 Å². The largest absolute Gasteiger partial charge is 0.338 e. The molecule has 142 valence electrons. The fourth-order valence-electron chi connectivity index (χ4n) is 3.70. The summed E-state index contributed by atoms with van der Waals surface area (Å²) in [5.41, 5.74) is 0. The first-order valence-corrected chi connectivity index (χ1v) is 10.2. The second kappa shape index (κ2) is 7.64. The Morgan fingerprint density at radius 1 is 1.26 bits per heavy atom. The molecule has 4 rings (SSSR count). The van der Waals surface area contributed by atoms with E-state index >= 15 is 0 Å². The van der Waals surface area contributed by atoms with Crippen LogP contribution in [-0.4, -0.2) is 48.2 Å². The van der Waals surface area contributed by atoms with Gasteiger partial charge in [0.05, 0.1) is 17.7 Å². The number of amides is 1. The molecule has 3 aromatic heterocycles. The van der Waals surface area contributed by atoms with E-state index in [4.69, 9.17) is 0 Å². The molecule has 0 unspecified atom stereocenters. The average Bonchev–Trinajstić information content (AvgIpc) is 3.43. The van der Waals surface area contributed by atoms with Crippen LogP contribution in [0.1, 0.15) is 51.9 Å². The summed E-state index contributed by atoms with van der Waals surface area (Å²) in [5, 5.41) is 8.93. The Bertz CT molecular complexity index is 905. The molecule has 0 atom stereocenters. The summed E-state index contributed by atoms with van der Waals surface area (Å²) < 4.78 is 4.22. The number of aryl methyl sites for hydroxylation is 1. The van der Waals surface area contributed by atoms with Crippen molar-refractivity contribution >= 4 is 17.2 Å². The van der Waals surface area contributed by atoms with Crippen molar-refractivity contribution in [3.05, 3.63) is 52.3 Å². The van der Waals surface area contributed by atoms with Crippen molar-refractivity contribution in [2.24, 2.45) is 0 Å². The maximum absolute atomic E-state index is 12.7. The third-order valence-corrected chi connectivity index (χ3v) is 6.14. The van der Waals surface area contributed by atoms with Gasteiger partial charge in [0.15, 0.2) is 5.82 Å². The van der Waals surface area contributed by atoms with Crippen molar-refractivity contribution in [1.29, 1.82) is 0 Å². The highest BCUT2D eigenvalue weighted by Crippen LogP contribution is 2.29. The van der Waals surface area contributed by atoms with E-state index in [9.17, 15) is 4.79 Å². The number of carbonyl (C=O) groups is 1. The topological polar surface area (TPSA) is 68.8 Å². The number of hydrogen-bond donors (Lipinski definition) is 0. The highest BCUT2D eigenvalue weighted by Gasteiger charge is 2.28. The molecule has 1 saturated heterocycles. The van der Waals surface area contributed by atoms with Crippen molar-refractivity contribution in [3.8, 4) is 0 Å². The summed E-state index contributed by atoms with van der Waals surface area (Å²) in [6.07, 6.45) is 7.36. The molecule has 1 aliphatic rings. The maximum Gasteiger partial charge on any atom is 0.263 e. The van der Waals surface area contributed by atoms with Gasteiger partial charge in [0, 0.05) is 42.8 Å². The molecule has 1 aliphatic heterocycles. The highest BCUT2D eigenvalue weighted by molar-refractivity contribution is 7.13. The molecular weight excluding hydrogens is 360 g/mol. The van der Waals surface area contributed by atoms with Crippen molar-refractivity contribution in [3.63, 3.8) is 0 Å². The summed E-state index contributed by atoms with van der Waals surface area (Å²) in [6, 6.07) is 3.95. The monoisotopic (exact) mass is 384 g/mol. The lowest BCUT2D eigenvalue weighted by atomic mass is 9.95. The van der Waals surface area contributed by atoms with E-state index in [1.165, 1.54) is 4.88 Å². The van der Waals surface area contributed by atoms with E-state index in [1.807, 2.05) is 34.7 Å². The van der Waals surface area contributed by atoms with Gasteiger partial charge < -0.3 is 14.0 Å². The lowest BCUT2D eigenvalue weighted by molar-refractivity contribution is 0.0715. The third kappa shape index (κ3) is 3.66. The lowest BCUT2D eigenvalue weighted by Gasteiger charge is -2.31. The molecule has 0 saturated carbocycles. The van der Waals surface area contributed by atoms with Crippen LogP contribution in [0.15, 0.2) is 30.9 Å². The first-order valence-electron chi connectivity index (χ1n) is 9.39. The van der Waals surface area contributed by atoms with Crippen LogP contribution < -0.4 is 0 Å². The molecule has 0 radical (unpaired) electrons. The second-order valence-electron chi connectivity index (χ2n) is 6.93. The smallest absolute Gasteiger partial charge is 0.263 e. The number of nitrogens with zero attached hydrogens (tertiary/aromatic N) is 6. The van der Waals surface area contributed by atoms with E-state index in [2.05, 4.69) is 26.7 Å². The third-order valence-electron chi connectivity index (χ3n) is 5.15. The SMILES string of the molecule is CCn1c(Cn2ccnc2)nnc1C1CCN(C(=O)c2ccc(C)s2)CC1. The van der Waals surface area contributed by atoms with Crippen LogP contribution in [0.3, 0.4) is 0 Å². The molecule has 7 nitrogen and oxygen atoms in total. The summed E-state index contributed by atoms with van der Waals surface area (Å²) in [7, 11) is 0. The Morgan fingerprint density at radius 3 is 2.70 bits per heavy atom. The standard InChI is InChI=1S/C19H24N6OS/c1-3-25-17(12-23-11-8-20-13-23)21-22-18(25)15-6-9-24(10-7-15)19(26)16-5-4-14(2)27-16/h4-5,8,11,13,15H,3,6-7,9-10,12H2,1-2H3. The van der Waals surface area contributed by atoms with Crippen LogP contribution in [0, 0.1) is 6.92 Å². The molecule has 1 fully saturated rings. The molecule has 3 aromatic rings. The zero-order chi connectivity index (χ0) is 18.8. The van der Waals surface area contributed by atoms with Gasteiger partial charge in [-0.05, 0) is 38.8 Å². The van der Waals surface area contributed by atoms with Gasteiger partial charge in [0.2, 0.25) is 0 Å². The molecule has 27 heavy (non-hydrogen) atoms. The number of carbonyl (C=O) groups excluding carboxylic acids is 1. The molecular formula is C19H24N6OS. The van der Waals surface area contributed by atoms with Gasteiger partial charge in [-0.15, -0.1) is 21.5 Å². The Kier molecular flexibility index (Phi) is 5.07. The number of thiophene rings is 1. The van der Waals surface area contributed by atoms with Gasteiger partial charge >= 0.3 is 0 Å². The average molecular weight is 385 g/mol. The minimum absolute atomic E-state index is 0.157. The summed E-state index contributed by atoms with van der Waals surface area (Å²) in [5.74, 6) is 2.51. The van der Waals surface area contributed by atoms with Crippen molar-refractivity contribution in [2.75, 3.05) is 13.1 Å². The fourth-order valence-corrected chi connectivity index (χ4v) is 4.54. The maximum atomic E-state index is 12.7. The highest BCUT2D eigenvalue weighted by atomic mass is 32.1. The van der Waals surface area contributed by atoms with Gasteiger partial charge in [-0.3, -0.25) is 4.79 Å². The molecule has 0 aromatic carbocycles. The Hall–Kier alpha value is -2.48. The quantitative estimate of drug-likeness (QED) is 0.678. The molecule has 0 bridgehead atoms. The van der Waals surface area contributed by atoms with Crippen molar-refractivity contribution in [2.45, 2.75) is 45.7 Å². The molecule has 0 spiro atoms. The number of likely N-dealkylation sites (tertiary alicyclic amines) is 1. The first-order chi connectivity index (χ1) is 13.2. The molecule has 8 heteroatoms. The van der Waals surface area contributed by atoms with E-state index in [0.29, 0.717) is 12.5 Å². The zero-order valence-electron chi connectivity index (χ0n) is 15.7. The summed E-state index contributed by atoms with van der Waals surface area (Å²) >= 11 is 1.57. The summed E-state index contributed by atoms with van der Waals surface area (Å²) in [6.45, 7) is 7.23. The minimum atomic E-state index is 0.157. The Morgan fingerprint density at radius 2 is 2.07 bits per heavy atom. The van der Waals surface area contributed by atoms with Gasteiger partial charge in [0.25, 0.3) is 5.91 Å². The Labute approximate surface area is 162 Å². The molecule has 4 heterocycles. The van der Waals surface area contributed by atoms with Crippen LogP contribution in [-0.2, 0) is 13.1 Å². The van der Waals surface area contributed by atoms with Gasteiger partial charge in [-0.25, -0.2) is 4.98 Å². The minimum Gasteiger partial charge on any atom is -0.338 e. The Balaban J connectivity index is 1.43.